The lowest BCUT2D eigenvalue weighted by atomic mass is 10.2. The summed E-state index contributed by atoms with van der Waals surface area (Å²) in [5, 5.41) is 7.24. The van der Waals surface area contributed by atoms with Gasteiger partial charge in [-0.15, -0.1) is 0 Å². The number of benzene rings is 1. The molecule has 0 atom stereocenters. The van der Waals surface area contributed by atoms with Crippen LogP contribution < -0.4 is 10.7 Å². The molecule has 0 aliphatic rings. The Balaban J connectivity index is 2.52. The Morgan fingerprint density at radius 2 is 2.00 bits per heavy atom. The molecule has 0 unspecified atom stereocenters. The Morgan fingerprint density at radius 3 is 2.57 bits per heavy atom. The van der Waals surface area contributed by atoms with Gasteiger partial charge < -0.3 is 5.32 Å². The maximum atomic E-state index is 4.86. The summed E-state index contributed by atoms with van der Waals surface area (Å²) < 4.78 is 0. The lowest BCUT2D eigenvalue weighted by Gasteiger charge is -1.99. The first-order chi connectivity index (χ1) is 6.72. The van der Waals surface area contributed by atoms with Crippen LogP contribution in [0.25, 0.3) is 0 Å². The molecular formula is C10H13N3S. The molecule has 0 aliphatic carbocycles. The van der Waals surface area contributed by atoms with Crippen LogP contribution in [0, 0.1) is 6.92 Å². The zero-order valence-electron chi connectivity index (χ0n) is 8.24. The number of nitrogens with zero attached hydrogens (tertiary/aromatic N) is 1. The van der Waals surface area contributed by atoms with Crippen LogP contribution in [0.5, 0.6) is 0 Å². The van der Waals surface area contributed by atoms with Gasteiger partial charge in [0.15, 0.2) is 5.11 Å². The van der Waals surface area contributed by atoms with Crippen molar-refractivity contribution in [3.63, 3.8) is 0 Å². The van der Waals surface area contributed by atoms with Gasteiger partial charge >= 0.3 is 0 Å². The largest absolute Gasteiger partial charge is 0.364 e. The normalized spacial score (nSPS) is 10.1. The Morgan fingerprint density at radius 1 is 1.36 bits per heavy atom. The van der Waals surface area contributed by atoms with E-state index in [-0.39, 0.29) is 0 Å². The Kier molecular flexibility index (Phi) is 4.07. The summed E-state index contributed by atoms with van der Waals surface area (Å²) in [5.74, 6) is 0. The van der Waals surface area contributed by atoms with E-state index in [9.17, 15) is 0 Å². The second-order valence-electron chi connectivity index (χ2n) is 2.86. The van der Waals surface area contributed by atoms with Crippen LogP contribution in [0.3, 0.4) is 0 Å². The van der Waals surface area contributed by atoms with E-state index in [2.05, 4.69) is 22.8 Å². The maximum Gasteiger partial charge on any atom is 0.186 e. The highest BCUT2D eigenvalue weighted by Gasteiger charge is 1.87. The number of nitrogens with one attached hydrogen (secondary N) is 2. The van der Waals surface area contributed by atoms with E-state index in [4.69, 9.17) is 12.2 Å². The third-order valence-corrected chi connectivity index (χ3v) is 1.98. The van der Waals surface area contributed by atoms with E-state index in [1.54, 1.807) is 13.3 Å². The van der Waals surface area contributed by atoms with Gasteiger partial charge in [-0.25, -0.2) is 0 Å². The van der Waals surface area contributed by atoms with Gasteiger partial charge in [0.05, 0.1) is 6.21 Å². The van der Waals surface area contributed by atoms with Crippen molar-refractivity contribution in [3.8, 4) is 0 Å². The first-order valence-corrected chi connectivity index (χ1v) is 4.70. The van der Waals surface area contributed by atoms with E-state index in [1.807, 2.05) is 24.3 Å². The Labute approximate surface area is 89.2 Å². The van der Waals surface area contributed by atoms with Crippen LogP contribution in [0.15, 0.2) is 29.4 Å². The van der Waals surface area contributed by atoms with Crippen LogP contribution in [0.1, 0.15) is 11.1 Å². The predicted molar refractivity (Wildman–Crippen MR) is 63.6 cm³/mol. The Bertz CT molecular complexity index is 330. The molecule has 0 fully saturated rings. The topological polar surface area (TPSA) is 36.4 Å². The van der Waals surface area contributed by atoms with Gasteiger partial charge in [0.1, 0.15) is 0 Å². The first kappa shape index (κ1) is 10.7. The van der Waals surface area contributed by atoms with Gasteiger partial charge in [-0.2, -0.15) is 5.10 Å². The monoisotopic (exact) mass is 207 g/mol. The lowest BCUT2D eigenvalue weighted by Crippen LogP contribution is -2.28. The van der Waals surface area contributed by atoms with Crippen molar-refractivity contribution in [2.75, 3.05) is 7.05 Å². The van der Waals surface area contributed by atoms with Crippen LogP contribution in [0.2, 0.25) is 0 Å². The SMILES string of the molecule is CNC(=S)NN=Cc1ccc(C)cc1. The molecular weight excluding hydrogens is 194 g/mol. The minimum Gasteiger partial charge on any atom is -0.364 e. The Hall–Kier alpha value is -1.42. The van der Waals surface area contributed by atoms with Crippen molar-refractivity contribution in [1.29, 1.82) is 0 Å². The fourth-order valence-electron chi connectivity index (χ4n) is 0.874. The molecule has 1 aromatic carbocycles. The summed E-state index contributed by atoms with van der Waals surface area (Å²) >= 11 is 4.86. The summed E-state index contributed by atoms with van der Waals surface area (Å²) in [7, 11) is 1.75. The minimum absolute atomic E-state index is 0.508. The number of aryl methyl sites for hydroxylation is 1. The highest BCUT2D eigenvalue weighted by Crippen LogP contribution is 1.99. The van der Waals surface area contributed by atoms with Crippen LogP contribution in [-0.4, -0.2) is 18.4 Å². The summed E-state index contributed by atoms with van der Waals surface area (Å²) in [6, 6.07) is 8.08. The van der Waals surface area contributed by atoms with Gasteiger partial charge in [-0.1, -0.05) is 29.8 Å². The number of hydrogen-bond acceptors (Lipinski definition) is 2. The van der Waals surface area contributed by atoms with E-state index >= 15 is 0 Å². The fraction of sp³-hybridized carbons (Fsp3) is 0.200. The van der Waals surface area contributed by atoms with Crippen molar-refractivity contribution >= 4 is 23.5 Å². The van der Waals surface area contributed by atoms with Gasteiger partial charge in [-0.05, 0) is 24.7 Å². The molecule has 0 heterocycles. The number of thiocarbonyl (C=S) groups is 1. The molecule has 0 spiro atoms. The van der Waals surface area contributed by atoms with Crippen molar-refractivity contribution in [3.05, 3.63) is 35.4 Å². The van der Waals surface area contributed by atoms with Crippen molar-refractivity contribution < 1.29 is 0 Å². The zero-order chi connectivity index (χ0) is 10.4. The fourth-order valence-corrected chi connectivity index (χ4v) is 0.927. The second-order valence-corrected chi connectivity index (χ2v) is 3.27. The number of hydrogen-bond donors (Lipinski definition) is 2. The predicted octanol–water partition coefficient (Wildman–Crippen LogP) is 1.42. The molecule has 1 rings (SSSR count). The molecule has 2 N–H and O–H groups in total. The van der Waals surface area contributed by atoms with E-state index < -0.39 is 0 Å². The molecule has 1 aromatic rings. The molecule has 74 valence electrons. The molecule has 0 saturated heterocycles. The third-order valence-electron chi connectivity index (χ3n) is 1.68. The van der Waals surface area contributed by atoms with E-state index in [1.165, 1.54) is 5.56 Å². The lowest BCUT2D eigenvalue weighted by molar-refractivity contribution is 0.982. The number of hydrazone groups is 1. The third kappa shape index (κ3) is 3.53. The van der Waals surface area contributed by atoms with Gasteiger partial charge in [0.25, 0.3) is 0 Å². The smallest absolute Gasteiger partial charge is 0.186 e. The zero-order valence-corrected chi connectivity index (χ0v) is 9.06. The molecule has 0 bridgehead atoms. The summed E-state index contributed by atoms with van der Waals surface area (Å²) in [6.07, 6.45) is 1.73. The van der Waals surface area contributed by atoms with Crippen LogP contribution in [-0.2, 0) is 0 Å². The second kappa shape index (κ2) is 5.34. The van der Waals surface area contributed by atoms with E-state index in [0.29, 0.717) is 5.11 Å². The molecule has 3 nitrogen and oxygen atoms in total. The highest BCUT2D eigenvalue weighted by molar-refractivity contribution is 7.80. The van der Waals surface area contributed by atoms with Gasteiger partial charge in [-0.3, -0.25) is 5.43 Å². The maximum absolute atomic E-state index is 4.86. The minimum atomic E-state index is 0.508. The average Bonchev–Trinajstić information content (AvgIpc) is 2.21. The van der Waals surface area contributed by atoms with Crippen molar-refractivity contribution in [2.24, 2.45) is 5.10 Å². The summed E-state index contributed by atoms with van der Waals surface area (Å²) in [6.45, 7) is 2.05. The number of rotatable bonds is 2. The van der Waals surface area contributed by atoms with Crippen LogP contribution >= 0.6 is 12.2 Å². The molecule has 4 heteroatoms. The average molecular weight is 207 g/mol. The first-order valence-electron chi connectivity index (χ1n) is 4.30. The highest BCUT2D eigenvalue weighted by atomic mass is 32.1. The summed E-state index contributed by atoms with van der Waals surface area (Å²) in [4.78, 5) is 0. The van der Waals surface area contributed by atoms with Gasteiger partial charge in [0.2, 0.25) is 0 Å². The van der Waals surface area contributed by atoms with Crippen molar-refractivity contribution in [2.45, 2.75) is 6.92 Å². The standard InChI is InChI=1S/C10H13N3S/c1-8-3-5-9(6-4-8)7-12-13-10(14)11-2/h3-7H,1-2H3,(H2,11,13,14). The quantitative estimate of drug-likeness (QED) is 0.437. The summed E-state index contributed by atoms with van der Waals surface area (Å²) in [5.41, 5.74) is 4.97. The molecule has 0 aromatic heterocycles. The molecule has 0 amide bonds. The van der Waals surface area contributed by atoms with Crippen molar-refractivity contribution in [1.82, 2.24) is 10.7 Å². The molecule has 14 heavy (non-hydrogen) atoms. The van der Waals surface area contributed by atoms with E-state index in [0.717, 1.165) is 5.56 Å². The van der Waals surface area contributed by atoms with Crippen LogP contribution in [0.4, 0.5) is 0 Å². The van der Waals surface area contributed by atoms with Gasteiger partial charge in [0, 0.05) is 7.05 Å². The molecule has 0 saturated carbocycles. The molecule has 0 radical (unpaired) electrons. The molecule has 0 aliphatic heterocycles.